The molecule has 0 radical (unpaired) electrons. The van der Waals surface area contributed by atoms with Crippen LogP contribution in [-0.2, 0) is 7.05 Å². The molecule has 0 aliphatic heterocycles. The van der Waals surface area contributed by atoms with Crippen LogP contribution in [0.15, 0.2) is 42.5 Å². The molecule has 0 saturated carbocycles. The number of nitrogens with one attached hydrogen (secondary N) is 1. The number of amides is 1. The lowest BCUT2D eigenvalue weighted by atomic mass is 10.1. The molecule has 0 fully saturated rings. The third kappa shape index (κ3) is 2.58. The lowest BCUT2D eigenvalue weighted by Gasteiger charge is -2.11. The molecule has 0 unspecified atom stereocenters. The predicted octanol–water partition coefficient (Wildman–Crippen LogP) is 3.76. The average Bonchev–Trinajstić information content (AvgIpc) is 2.86. The van der Waals surface area contributed by atoms with E-state index in [4.69, 9.17) is 9.47 Å². The first kappa shape index (κ1) is 15.9. The molecule has 3 aromatic rings. The van der Waals surface area contributed by atoms with Gasteiger partial charge in [-0.05, 0) is 30.7 Å². The van der Waals surface area contributed by atoms with Gasteiger partial charge in [0.1, 0.15) is 5.69 Å². The standard InChI is InChI=1S/C19H20N2O3/c1-12-14-7-5-6-8-15(14)21(2)18(12)19(22)20-13-9-10-16(23-3)17(11-13)24-4/h5-11H,1-4H3,(H,20,22). The third-order valence-electron chi connectivity index (χ3n) is 4.22. The number of aromatic nitrogens is 1. The van der Waals surface area contributed by atoms with Crippen molar-refractivity contribution in [3.05, 3.63) is 53.7 Å². The molecule has 0 saturated heterocycles. The summed E-state index contributed by atoms with van der Waals surface area (Å²) in [5.74, 6) is 1.04. The van der Waals surface area contributed by atoms with Crippen molar-refractivity contribution in [2.45, 2.75) is 6.92 Å². The fourth-order valence-corrected chi connectivity index (χ4v) is 3.01. The van der Waals surface area contributed by atoms with Crippen molar-refractivity contribution in [2.75, 3.05) is 19.5 Å². The number of methoxy groups -OCH3 is 2. The molecule has 124 valence electrons. The van der Waals surface area contributed by atoms with Crippen LogP contribution in [0.25, 0.3) is 10.9 Å². The van der Waals surface area contributed by atoms with Gasteiger partial charge in [0.15, 0.2) is 11.5 Å². The number of hydrogen-bond donors (Lipinski definition) is 1. The highest BCUT2D eigenvalue weighted by Gasteiger charge is 2.18. The summed E-state index contributed by atoms with van der Waals surface area (Å²) in [6, 6.07) is 13.3. The van der Waals surface area contributed by atoms with Gasteiger partial charge in [-0.15, -0.1) is 0 Å². The number of hydrogen-bond acceptors (Lipinski definition) is 3. The highest BCUT2D eigenvalue weighted by atomic mass is 16.5. The summed E-state index contributed by atoms with van der Waals surface area (Å²) in [5, 5.41) is 4.01. The molecule has 0 bridgehead atoms. The van der Waals surface area contributed by atoms with Gasteiger partial charge in [0.25, 0.3) is 5.91 Å². The van der Waals surface area contributed by atoms with E-state index in [-0.39, 0.29) is 5.91 Å². The molecule has 24 heavy (non-hydrogen) atoms. The van der Waals surface area contributed by atoms with Crippen LogP contribution >= 0.6 is 0 Å². The lowest BCUT2D eigenvalue weighted by Crippen LogP contribution is -2.16. The van der Waals surface area contributed by atoms with Gasteiger partial charge >= 0.3 is 0 Å². The molecule has 1 N–H and O–H groups in total. The monoisotopic (exact) mass is 324 g/mol. The highest BCUT2D eigenvalue weighted by molar-refractivity contribution is 6.08. The number of ether oxygens (including phenoxy) is 2. The Morgan fingerprint density at radius 3 is 2.42 bits per heavy atom. The van der Waals surface area contributed by atoms with Crippen LogP contribution in [0, 0.1) is 6.92 Å². The van der Waals surface area contributed by atoms with Crippen molar-refractivity contribution >= 4 is 22.5 Å². The van der Waals surface area contributed by atoms with Crippen LogP contribution in [0.4, 0.5) is 5.69 Å². The number of rotatable bonds is 4. The Balaban J connectivity index is 1.96. The molecule has 1 amide bonds. The molecule has 5 nitrogen and oxygen atoms in total. The minimum atomic E-state index is -0.154. The predicted molar refractivity (Wildman–Crippen MR) is 95.2 cm³/mol. The van der Waals surface area contributed by atoms with E-state index in [0.29, 0.717) is 22.9 Å². The van der Waals surface area contributed by atoms with E-state index >= 15 is 0 Å². The van der Waals surface area contributed by atoms with Crippen molar-refractivity contribution in [1.82, 2.24) is 4.57 Å². The summed E-state index contributed by atoms with van der Waals surface area (Å²) in [6.07, 6.45) is 0. The number of carbonyl (C=O) groups is 1. The van der Waals surface area contributed by atoms with Gasteiger partial charge in [-0.2, -0.15) is 0 Å². The molecule has 2 aromatic carbocycles. The molecule has 0 aliphatic carbocycles. The second-order valence-electron chi connectivity index (χ2n) is 5.57. The Labute approximate surface area is 140 Å². The van der Waals surface area contributed by atoms with Crippen molar-refractivity contribution in [3.63, 3.8) is 0 Å². The Morgan fingerprint density at radius 1 is 1.04 bits per heavy atom. The van der Waals surface area contributed by atoms with Crippen molar-refractivity contribution in [2.24, 2.45) is 7.05 Å². The second kappa shape index (κ2) is 6.28. The van der Waals surface area contributed by atoms with E-state index < -0.39 is 0 Å². The van der Waals surface area contributed by atoms with Crippen LogP contribution in [0.2, 0.25) is 0 Å². The SMILES string of the molecule is COc1ccc(NC(=O)c2c(C)c3ccccc3n2C)cc1OC. The van der Waals surface area contributed by atoms with Crippen LogP contribution in [0.5, 0.6) is 11.5 Å². The summed E-state index contributed by atoms with van der Waals surface area (Å²) in [4.78, 5) is 12.8. The summed E-state index contributed by atoms with van der Waals surface area (Å²) >= 11 is 0. The first-order valence-electron chi connectivity index (χ1n) is 7.64. The van der Waals surface area contributed by atoms with Gasteiger partial charge in [-0.1, -0.05) is 18.2 Å². The maximum atomic E-state index is 12.8. The van der Waals surface area contributed by atoms with E-state index in [1.165, 1.54) is 0 Å². The van der Waals surface area contributed by atoms with Gasteiger partial charge in [-0.25, -0.2) is 0 Å². The number of nitrogens with zero attached hydrogens (tertiary/aromatic N) is 1. The zero-order chi connectivity index (χ0) is 17.3. The Hall–Kier alpha value is -2.95. The van der Waals surface area contributed by atoms with Gasteiger partial charge in [0, 0.05) is 29.7 Å². The molecule has 3 rings (SSSR count). The molecule has 5 heteroatoms. The number of para-hydroxylation sites is 1. The third-order valence-corrected chi connectivity index (χ3v) is 4.22. The fraction of sp³-hybridized carbons (Fsp3) is 0.211. The highest BCUT2D eigenvalue weighted by Crippen LogP contribution is 2.30. The number of carbonyl (C=O) groups excluding carboxylic acids is 1. The molecule has 0 atom stereocenters. The molecule has 0 aliphatic rings. The fourth-order valence-electron chi connectivity index (χ4n) is 3.01. The minimum Gasteiger partial charge on any atom is -0.493 e. The number of aryl methyl sites for hydroxylation is 2. The first-order chi connectivity index (χ1) is 11.6. The molecule has 1 heterocycles. The number of anilines is 1. The van der Waals surface area contributed by atoms with E-state index in [0.717, 1.165) is 16.5 Å². The van der Waals surface area contributed by atoms with Gasteiger partial charge < -0.3 is 19.4 Å². The van der Waals surface area contributed by atoms with Crippen LogP contribution in [-0.4, -0.2) is 24.7 Å². The van der Waals surface area contributed by atoms with Gasteiger partial charge in [0.05, 0.1) is 14.2 Å². The summed E-state index contributed by atoms with van der Waals surface area (Å²) in [5.41, 5.74) is 3.30. The van der Waals surface area contributed by atoms with Crippen molar-refractivity contribution in [1.29, 1.82) is 0 Å². The molecule has 1 aromatic heterocycles. The zero-order valence-corrected chi connectivity index (χ0v) is 14.2. The van der Waals surface area contributed by atoms with Crippen LogP contribution < -0.4 is 14.8 Å². The average molecular weight is 324 g/mol. The number of benzene rings is 2. The summed E-state index contributed by atoms with van der Waals surface area (Å²) < 4.78 is 12.4. The van der Waals surface area contributed by atoms with Crippen LogP contribution in [0.1, 0.15) is 16.1 Å². The molecular weight excluding hydrogens is 304 g/mol. The number of fused-ring (bicyclic) bond motifs is 1. The summed E-state index contributed by atoms with van der Waals surface area (Å²) in [6.45, 7) is 1.96. The quantitative estimate of drug-likeness (QED) is 0.795. The van der Waals surface area contributed by atoms with Crippen molar-refractivity contribution in [3.8, 4) is 11.5 Å². The van der Waals surface area contributed by atoms with Gasteiger partial charge in [0.2, 0.25) is 0 Å². The largest absolute Gasteiger partial charge is 0.493 e. The minimum absolute atomic E-state index is 0.154. The Morgan fingerprint density at radius 2 is 1.75 bits per heavy atom. The van der Waals surface area contributed by atoms with E-state index in [9.17, 15) is 4.79 Å². The van der Waals surface area contributed by atoms with Gasteiger partial charge in [-0.3, -0.25) is 4.79 Å². The lowest BCUT2D eigenvalue weighted by molar-refractivity contribution is 0.101. The van der Waals surface area contributed by atoms with Crippen molar-refractivity contribution < 1.29 is 14.3 Å². The smallest absolute Gasteiger partial charge is 0.272 e. The van der Waals surface area contributed by atoms with E-state index in [1.54, 1.807) is 32.4 Å². The maximum absolute atomic E-state index is 12.8. The van der Waals surface area contributed by atoms with E-state index in [1.807, 2.05) is 42.8 Å². The Bertz CT molecular complexity index is 873. The summed E-state index contributed by atoms with van der Waals surface area (Å²) in [7, 11) is 5.05. The Kier molecular flexibility index (Phi) is 4.16. The zero-order valence-electron chi connectivity index (χ0n) is 14.2. The molecule has 0 spiro atoms. The maximum Gasteiger partial charge on any atom is 0.272 e. The second-order valence-corrected chi connectivity index (χ2v) is 5.57. The van der Waals surface area contributed by atoms with Crippen LogP contribution in [0.3, 0.4) is 0 Å². The van der Waals surface area contributed by atoms with E-state index in [2.05, 4.69) is 5.32 Å². The normalized spacial score (nSPS) is 10.7. The molecular formula is C19H20N2O3. The topological polar surface area (TPSA) is 52.5 Å². The first-order valence-corrected chi connectivity index (χ1v) is 7.64.